The summed E-state index contributed by atoms with van der Waals surface area (Å²) in [7, 11) is 6.14. The molecule has 10 heteroatoms. The summed E-state index contributed by atoms with van der Waals surface area (Å²) in [6, 6.07) is 15.9. The van der Waals surface area contributed by atoms with Gasteiger partial charge in [-0.1, -0.05) is 11.6 Å². The minimum atomic E-state index is -0.484. The lowest BCUT2D eigenvalue weighted by molar-refractivity contribution is -0.870. The van der Waals surface area contributed by atoms with E-state index in [1.807, 2.05) is 27.2 Å². The highest BCUT2D eigenvalue weighted by Crippen LogP contribution is 2.29. The molecule has 3 rings (SSSR count). The van der Waals surface area contributed by atoms with Crippen LogP contribution in [0.3, 0.4) is 0 Å². The van der Waals surface area contributed by atoms with Crippen LogP contribution in [0.25, 0.3) is 0 Å². The van der Waals surface area contributed by atoms with Crippen molar-refractivity contribution in [1.82, 2.24) is 4.57 Å². The third kappa shape index (κ3) is 7.30. The van der Waals surface area contributed by atoms with Crippen molar-refractivity contribution < 1.29 is 26.7 Å². The highest BCUT2D eigenvalue weighted by atomic mass is 35.5. The second-order valence-electron chi connectivity index (χ2n) is 8.86. The van der Waals surface area contributed by atoms with Gasteiger partial charge in [-0.2, -0.15) is 10.4 Å². The van der Waals surface area contributed by atoms with Crippen molar-refractivity contribution in [2.24, 2.45) is 10.2 Å². The number of nitriles is 1. The van der Waals surface area contributed by atoms with Crippen molar-refractivity contribution in [3.63, 3.8) is 0 Å². The Labute approximate surface area is 215 Å². The molecule has 1 aromatic heterocycles. The molecule has 35 heavy (non-hydrogen) atoms. The monoisotopic (exact) mass is 515 g/mol. The number of benzene rings is 2. The van der Waals surface area contributed by atoms with E-state index in [1.54, 1.807) is 55.5 Å². The Kier molecular flexibility index (Phi) is 9.43. The fourth-order valence-corrected chi connectivity index (χ4v) is 3.42. The molecular formula is C25H27Cl2N5O3. The van der Waals surface area contributed by atoms with Gasteiger partial charge in [0.15, 0.2) is 5.69 Å². The Morgan fingerprint density at radius 3 is 2.17 bits per heavy atom. The lowest BCUT2D eigenvalue weighted by Crippen LogP contribution is -3.00. The summed E-state index contributed by atoms with van der Waals surface area (Å²) in [5.41, 5.74) is 0.359. The lowest BCUT2D eigenvalue weighted by atomic mass is 10.1. The maximum atomic E-state index is 13.0. The zero-order valence-corrected chi connectivity index (χ0v) is 21.5. The van der Waals surface area contributed by atoms with Gasteiger partial charge in [-0.25, -0.2) is 0 Å². The smallest absolute Gasteiger partial charge is 0.281 e. The van der Waals surface area contributed by atoms with Crippen LogP contribution in [0, 0.1) is 18.3 Å². The molecule has 0 radical (unpaired) electrons. The number of azo groups is 1. The number of rotatable bonds is 8. The molecule has 0 aliphatic carbocycles. The highest BCUT2D eigenvalue weighted by molar-refractivity contribution is 6.30. The van der Waals surface area contributed by atoms with Gasteiger partial charge < -0.3 is 26.7 Å². The molecule has 0 saturated heterocycles. The predicted molar refractivity (Wildman–Crippen MR) is 131 cm³/mol. The summed E-state index contributed by atoms with van der Waals surface area (Å²) < 4.78 is 7.67. The van der Waals surface area contributed by atoms with E-state index in [0.717, 1.165) is 11.0 Å². The van der Waals surface area contributed by atoms with Gasteiger partial charge in [0.1, 0.15) is 23.1 Å². The maximum Gasteiger partial charge on any atom is 0.281 e. The molecule has 0 aliphatic heterocycles. The number of ether oxygens (including phenoxy) is 1. The first kappa shape index (κ1) is 27.9. The average molecular weight is 516 g/mol. The van der Waals surface area contributed by atoms with Crippen molar-refractivity contribution in [3.8, 4) is 23.4 Å². The van der Waals surface area contributed by atoms with E-state index in [9.17, 15) is 15.2 Å². The summed E-state index contributed by atoms with van der Waals surface area (Å²) >= 11 is 5.89. The molecule has 2 aromatic carbocycles. The fourth-order valence-electron chi connectivity index (χ4n) is 3.30. The van der Waals surface area contributed by atoms with Crippen molar-refractivity contribution in [2.45, 2.75) is 19.9 Å². The molecule has 0 fully saturated rings. The van der Waals surface area contributed by atoms with Crippen LogP contribution in [-0.4, -0.2) is 41.8 Å². The Hall–Kier alpha value is -3.38. The summed E-state index contributed by atoms with van der Waals surface area (Å²) in [6.45, 7) is 2.64. The van der Waals surface area contributed by atoms with Gasteiger partial charge in [0, 0.05) is 23.6 Å². The second-order valence-corrected chi connectivity index (χ2v) is 9.29. The van der Waals surface area contributed by atoms with Crippen molar-refractivity contribution in [3.05, 3.63) is 75.0 Å². The molecule has 0 atom stereocenters. The SMILES string of the molecule is Cc1c(C#N)c(O)n(CCC[N+](C)(C)C)c(=O)c1N=Nc1ccc(Oc2ccc(Cl)cc2)cc1.[Cl-]. The van der Waals surface area contributed by atoms with E-state index in [-0.39, 0.29) is 36.1 Å². The summed E-state index contributed by atoms with van der Waals surface area (Å²) in [5.74, 6) is 0.913. The van der Waals surface area contributed by atoms with Gasteiger partial charge >= 0.3 is 0 Å². The van der Waals surface area contributed by atoms with Crippen LogP contribution in [-0.2, 0) is 6.54 Å². The van der Waals surface area contributed by atoms with Crippen LogP contribution >= 0.6 is 11.6 Å². The first-order chi connectivity index (χ1) is 16.1. The highest BCUT2D eigenvalue weighted by Gasteiger charge is 2.19. The molecule has 8 nitrogen and oxygen atoms in total. The van der Waals surface area contributed by atoms with E-state index in [0.29, 0.717) is 34.2 Å². The molecule has 184 valence electrons. The topological polar surface area (TPSA) is 100.0 Å². The van der Waals surface area contributed by atoms with Crippen molar-refractivity contribution >= 4 is 23.0 Å². The van der Waals surface area contributed by atoms with Crippen LogP contribution in [0.4, 0.5) is 11.4 Å². The fraction of sp³-hybridized carbons (Fsp3) is 0.280. The van der Waals surface area contributed by atoms with Gasteiger partial charge in [0.2, 0.25) is 5.88 Å². The van der Waals surface area contributed by atoms with Crippen LogP contribution in [0.2, 0.25) is 5.02 Å². The Morgan fingerprint density at radius 2 is 1.63 bits per heavy atom. The number of quaternary nitrogens is 1. The number of nitrogens with zero attached hydrogens (tertiary/aromatic N) is 5. The second kappa shape index (κ2) is 11.8. The van der Waals surface area contributed by atoms with E-state index >= 15 is 0 Å². The molecule has 1 heterocycles. The van der Waals surface area contributed by atoms with Gasteiger partial charge in [0.25, 0.3) is 5.56 Å². The molecule has 0 spiro atoms. The zero-order chi connectivity index (χ0) is 24.9. The molecule has 1 N–H and O–H groups in total. The standard InChI is InChI=1S/C25H26ClN5O3.ClH/c1-17-22(16-27)24(32)30(14-5-15-31(2,3)4)25(33)23(17)29-28-19-8-12-21(13-9-19)34-20-10-6-18(26)7-11-20;/h6-13H,5,14-15H2,1-4H3;1H. The molecule has 0 amide bonds. The minimum Gasteiger partial charge on any atom is -1.00 e. The first-order valence-corrected chi connectivity index (χ1v) is 11.1. The summed E-state index contributed by atoms with van der Waals surface area (Å²) in [4.78, 5) is 13.0. The zero-order valence-electron chi connectivity index (χ0n) is 20.0. The van der Waals surface area contributed by atoms with Crippen molar-refractivity contribution in [2.75, 3.05) is 27.7 Å². The number of aromatic hydroxyl groups is 1. The van der Waals surface area contributed by atoms with Gasteiger partial charge in [-0.15, -0.1) is 5.11 Å². The number of pyridine rings is 1. The third-order valence-corrected chi connectivity index (χ3v) is 5.38. The predicted octanol–water partition coefficient (Wildman–Crippen LogP) is 2.70. The van der Waals surface area contributed by atoms with E-state index in [1.165, 1.54) is 4.57 Å². The summed E-state index contributed by atoms with van der Waals surface area (Å²) in [5, 5.41) is 29.0. The number of halogens is 2. The van der Waals surface area contributed by atoms with E-state index < -0.39 is 5.56 Å². The normalized spacial score (nSPS) is 11.2. The summed E-state index contributed by atoms with van der Waals surface area (Å²) in [6.07, 6.45) is 0.649. The quantitative estimate of drug-likeness (QED) is 0.368. The number of hydrogen-bond donors (Lipinski definition) is 1. The first-order valence-electron chi connectivity index (χ1n) is 10.7. The number of hydrogen-bond acceptors (Lipinski definition) is 6. The van der Waals surface area contributed by atoms with Crippen LogP contribution in [0.15, 0.2) is 63.6 Å². The third-order valence-electron chi connectivity index (χ3n) is 5.13. The molecule has 3 aromatic rings. The van der Waals surface area contributed by atoms with Crippen LogP contribution in [0.1, 0.15) is 17.5 Å². The Balaban J connectivity index is 0.00000432. The molecule has 0 unspecified atom stereocenters. The van der Waals surface area contributed by atoms with Gasteiger partial charge in [0.05, 0.1) is 33.4 Å². The molecule has 0 aliphatic rings. The maximum absolute atomic E-state index is 13.0. The molecule has 0 bridgehead atoms. The van der Waals surface area contributed by atoms with Crippen LogP contribution in [0.5, 0.6) is 17.4 Å². The van der Waals surface area contributed by atoms with E-state index in [4.69, 9.17) is 16.3 Å². The largest absolute Gasteiger partial charge is 1.00 e. The molecule has 0 saturated carbocycles. The van der Waals surface area contributed by atoms with Crippen molar-refractivity contribution in [1.29, 1.82) is 5.26 Å². The van der Waals surface area contributed by atoms with Gasteiger partial charge in [-0.3, -0.25) is 9.36 Å². The molecular weight excluding hydrogens is 489 g/mol. The van der Waals surface area contributed by atoms with Gasteiger partial charge in [-0.05, 0) is 55.5 Å². The Bertz CT molecular complexity index is 1290. The number of aromatic nitrogens is 1. The van der Waals surface area contributed by atoms with Crippen LogP contribution < -0.4 is 22.7 Å². The van der Waals surface area contributed by atoms with E-state index in [2.05, 4.69) is 10.2 Å². The Morgan fingerprint density at radius 1 is 1.06 bits per heavy atom. The minimum absolute atomic E-state index is 0. The lowest BCUT2D eigenvalue weighted by Gasteiger charge is -2.24. The average Bonchev–Trinajstić information content (AvgIpc) is 2.78.